The lowest BCUT2D eigenvalue weighted by atomic mass is 10.2. The molecule has 23 heavy (non-hydrogen) atoms. The van der Waals surface area contributed by atoms with E-state index in [0.717, 1.165) is 5.56 Å². The van der Waals surface area contributed by atoms with Crippen LogP contribution < -0.4 is 14.8 Å². The Morgan fingerprint density at radius 3 is 2.70 bits per heavy atom. The van der Waals surface area contributed by atoms with E-state index in [-0.39, 0.29) is 11.5 Å². The molecule has 1 aromatic rings. The van der Waals surface area contributed by atoms with Crippen LogP contribution in [-0.2, 0) is 0 Å². The first kappa shape index (κ1) is 16.3. The summed E-state index contributed by atoms with van der Waals surface area (Å²) in [6.45, 7) is 8.49. The number of amidine groups is 1. The van der Waals surface area contributed by atoms with Gasteiger partial charge in [-0.2, -0.15) is 5.10 Å². The fourth-order valence-corrected chi connectivity index (χ4v) is 1.74. The van der Waals surface area contributed by atoms with Crippen molar-refractivity contribution in [2.75, 3.05) is 13.2 Å². The zero-order valence-corrected chi connectivity index (χ0v) is 12.9. The summed E-state index contributed by atoms with van der Waals surface area (Å²) in [5.41, 5.74) is 1.01. The number of carbonyl (C=O) groups excluding carboxylic acids is 1. The van der Waals surface area contributed by atoms with E-state index in [9.17, 15) is 4.79 Å². The number of carbonyl (C=O) groups is 1. The monoisotopic (exact) mass is 315 g/mol. The van der Waals surface area contributed by atoms with E-state index in [0.29, 0.717) is 24.7 Å². The molecule has 0 bridgehead atoms. The molecule has 1 aromatic carbocycles. The van der Waals surface area contributed by atoms with Gasteiger partial charge in [-0.25, -0.2) is 4.79 Å². The van der Waals surface area contributed by atoms with Gasteiger partial charge >= 0.3 is 6.03 Å². The SMILES string of the molecule is C=C1N=NC(=O)N/C1=N/N=C/c1ccc(OCC)c(OCC)c1. The van der Waals surface area contributed by atoms with Crippen LogP contribution in [0, 0.1) is 0 Å². The van der Waals surface area contributed by atoms with Crippen molar-refractivity contribution in [3.8, 4) is 11.5 Å². The van der Waals surface area contributed by atoms with Gasteiger partial charge in [-0.1, -0.05) is 11.7 Å². The standard InChI is InChI=1S/C15H17N5O3/c1-4-22-12-7-6-11(8-13(12)23-5-2)9-16-19-14-10(3)18-20-15(21)17-14/h6-9H,3-5H2,1-2H3,(H,17,19,21)/b16-9+. The van der Waals surface area contributed by atoms with E-state index in [1.807, 2.05) is 19.9 Å². The van der Waals surface area contributed by atoms with Gasteiger partial charge in [0.1, 0.15) is 5.70 Å². The fourth-order valence-electron chi connectivity index (χ4n) is 1.74. The van der Waals surface area contributed by atoms with E-state index in [2.05, 4.69) is 32.3 Å². The van der Waals surface area contributed by atoms with Crippen LogP contribution in [-0.4, -0.2) is 31.3 Å². The number of nitrogens with zero attached hydrogens (tertiary/aromatic N) is 4. The number of urea groups is 1. The Kier molecular flexibility index (Phi) is 5.56. The van der Waals surface area contributed by atoms with Crippen molar-refractivity contribution in [3.63, 3.8) is 0 Å². The number of rotatable bonds is 6. The van der Waals surface area contributed by atoms with E-state index in [1.54, 1.807) is 12.1 Å². The quantitative estimate of drug-likeness (QED) is 0.645. The summed E-state index contributed by atoms with van der Waals surface area (Å²) in [6, 6.07) is 4.82. The minimum atomic E-state index is -0.606. The molecule has 0 saturated carbocycles. The lowest BCUT2D eigenvalue weighted by Gasteiger charge is -2.11. The Morgan fingerprint density at radius 2 is 1.96 bits per heavy atom. The third kappa shape index (κ3) is 4.47. The maximum Gasteiger partial charge on any atom is 0.365 e. The summed E-state index contributed by atoms with van der Waals surface area (Å²) in [6.07, 6.45) is 1.52. The van der Waals surface area contributed by atoms with Crippen LogP contribution in [0.1, 0.15) is 19.4 Å². The van der Waals surface area contributed by atoms with Crippen molar-refractivity contribution >= 4 is 18.1 Å². The van der Waals surface area contributed by atoms with Gasteiger partial charge in [0.2, 0.25) is 0 Å². The summed E-state index contributed by atoms with van der Waals surface area (Å²) in [5.74, 6) is 1.47. The highest BCUT2D eigenvalue weighted by atomic mass is 16.5. The Balaban J connectivity index is 2.16. The molecule has 0 spiro atoms. The van der Waals surface area contributed by atoms with Crippen LogP contribution in [0.15, 0.2) is 50.9 Å². The third-order valence-electron chi connectivity index (χ3n) is 2.69. The molecule has 0 radical (unpaired) electrons. The molecular weight excluding hydrogens is 298 g/mol. The van der Waals surface area contributed by atoms with Crippen LogP contribution in [0.25, 0.3) is 0 Å². The van der Waals surface area contributed by atoms with E-state index >= 15 is 0 Å². The first-order valence-corrected chi connectivity index (χ1v) is 7.06. The van der Waals surface area contributed by atoms with Crippen molar-refractivity contribution in [1.82, 2.24) is 5.32 Å². The average molecular weight is 315 g/mol. The highest BCUT2D eigenvalue weighted by Crippen LogP contribution is 2.28. The Hall–Kier alpha value is -3.03. The molecule has 1 aliphatic heterocycles. The zero-order chi connectivity index (χ0) is 16.7. The first-order valence-electron chi connectivity index (χ1n) is 7.06. The summed E-state index contributed by atoms with van der Waals surface area (Å²) in [7, 11) is 0. The highest BCUT2D eigenvalue weighted by Gasteiger charge is 2.14. The third-order valence-corrected chi connectivity index (χ3v) is 2.69. The number of azo groups is 1. The summed E-state index contributed by atoms with van der Waals surface area (Å²) >= 11 is 0. The Labute approximate surface area is 133 Å². The van der Waals surface area contributed by atoms with Crippen LogP contribution in [0.3, 0.4) is 0 Å². The maximum absolute atomic E-state index is 11.1. The Morgan fingerprint density at radius 1 is 1.22 bits per heavy atom. The summed E-state index contributed by atoms with van der Waals surface area (Å²) in [4.78, 5) is 11.1. The lowest BCUT2D eigenvalue weighted by Crippen LogP contribution is -2.31. The van der Waals surface area contributed by atoms with Gasteiger partial charge in [0.05, 0.1) is 19.4 Å². The smallest absolute Gasteiger partial charge is 0.365 e. The van der Waals surface area contributed by atoms with Gasteiger partial charge in [-0.05, 0) is 37.6 Å². The molecule has 2 amide bonds. The molecule has 120 valence electrons. The number of ether oxygens (including phenoxy) is 2. The molecule has 0 atom stereocenters. The normalized spacial score (nSPS) is 16.0. The van der Waals surface area contributed by atoms with Crippen LogP contribution in [0.2, 0.25) is 0 Å². The topological polar surface area (TPSA) is 97.0 Å². The molecular formula is C15H17N5O3. The molecule has 0 saturated heterocycles. The number of benzene rings is 1. The zero-order valence-electron chi connectivity index (χ0n) is 12.9. The fraction of sp³-hybridized carbons (Fsp3) is 0.267. The van der Waals surface area contributed by atoms with Crippen LogP contribution in [0.5, 0.6) is 11.5 Å². The lowest BCUT2D eigenvalue weighted by molar-refractivity contribution is 0.251. The van der Waals surface area contributed by atoms with Crippen molar-refractivity contribution in [2.24, 2.45) is 20.4 Å². The Bertz CT molecular complexity index is 694. The molecule has 0 aliphatic carbocycles. The maximum atomic E-state index is 11.1. The molecule has 0 aromatic heterocycles. The van der Waals surface area contributed by atoms with Gasteiger partial charge in [-0.3, -0.25) is 5.32 Å². The summed E-state index contributed by atoms with van der Waals surface area (Å²) in [5, 5.41) is 17.1. The summed E-state index contributed by atoms with van der Waals surface area (Å²) < 4.78 is 11.0. The number of hydrogen-bond donors (Lipinski definition) is 1. The molecule has 1 heterocycles. The second kappa shape index (κ2) is 7.83. The van der Waals surface area contributed by atoms with Crippen molar-refractivity contribution < 1.29 is 14.3 Å². The van der Waals surface area contributed by atoms with Gasteiger partial charge in [0.15, 0.2) is 17.3 Å². The van der Waals surface area contributed by atoms with Crippen molar-refractivity contribution in [1.29, 1.82) is 0 Å². The minimum Gasteiger partial charge on any atom is -0.490 e. The molecule has 2 rings (SSSR count). The van der Waals surface area contributed by atoms with Crippen LogP contribution in [0.4, 0.5) is 4.79 Å². The van der Waals surface area contributed by atoms with Crippen LogP contribution >= 0.6 is 0 Å². The number of nitrogens with one attached hydrogen (secondary N) is 1. The highest BCUT2D eigenvalue weighted by molar-refractivity contribution is 6.08. The number of amides is 2. The van der Waals surface area contributed by atoms with Gasteiger partial charge < -0.3 is 9.47 Å². The molecule has 8 nitrogen and oxygen atoms in total. The predicted octanol–water partition coefficient (Wildman–Crippen LogP) is 2.91. The second-order valence-corrected chi connectivity index (χ2v) is 4.34. The van der Waals surface area contributed by atoms with Gasteiger partial charge in [0, 0.05) is 0 Å². The van der Waals surface area contributed by atoms with Crippen molar-refractivity contribution in [2.45, 2.75) is 13.8 Å². The van der Waals surface area contributed by atoms with E-state index < -0.39 is 6.03 Å². The predicted molar refractivity (Wildman–Crippen MR) is 86.3 cm³/mol. The van der Waals surface area contributed by atoms with Crippen molar-refractivity contribution in [3.05, 3.63) is 36.0 Å². The minimum absolute atomic E-state index is 0.164. The number of hydrogen-bond acceptors (Lipinski definition) is 6. The second-order valence-electron chi connectivity index (χ2n) is 4.34. The van der Waals surface area contributed by atoms with E-state index in [4.69, 9.17) is 9.47 Å². The molecule has 1 aliphatic rings. The molecule has 0 fully saturated rings. The molecule has 1 N–H and O–H groups in total. The molecule has 8 heteroatoms. The molecule has 0 unspecified atom stereocenters. The van der Waals surface area contributed by atoms with E-state index in [1.165, 1.54) is 6.21 Å². The first-order chi connectivity index (χ1) is 11.1. The van der Waals surface area contributed by atoms with Gasteiger partial charge in [-0.15, -0.1) is 10.2 Å². The average Bonchev–Trinajstić information content (AvgIpc) is 2.53. The largest absolute Gasteiger partial charge is 0.490 e. The van der Waals surface area contributed by atoms with Gasteiger partial charge in [0.25, 0.3) is 0 Å².